The summed E-state index contributed by atoms with van der Waals surface area (Å²) in [6.07, 6.45) is 3.71. The molecule has 0 atom stereocenters. The van der Waals surface area contributed by atoms with E-state index >= 15 is 0 Å². The molecular weight excluding hydrogens is 352 g/mol. The average Bonchev–Trinajstić information content (AvgIpc) is 2.99. The van der Waals surface area contributed by atoms with E-state index in [1.165, 1.54) is 11.3 Å². The Labute approximate surface area is 152 Å². The van der Waals surface area contributed by atoms with Crippen LogP contribution in [0.15, 0.2) is 39.5 Å². The third-order valence-electron chi connectivity index (χ3n) is 4.50. The van der Waals surface area contributed by atoms with E-state index < -0.39 is 11.8 Å². The van der Waals surface area contributed by atoms with Gasteiger partial charge < -0.3 is 15.5 Å². The van der Waals surface area contributed by atoms with Crippen molar-refractivity contribution >= 4 is 39.1 Å². The Balaban J connectivity index is 1.72. The Bertz CT molecular complexity index is 1100. The van der Waals surface area contributed by atoms with Gasteiger partial charge in [-0.25, -0.2) is 0 Å². The van der Waals surface area contributed by atoms with Crippen LogP contribution in [0.2, 0.25) is 0 Å². The third kappa shape index (κ3) is 2.80. The van der Waals surface area contributed by atoms with Gasteiger partial charge in [0.25, 0.3) is 11.8 Å². The fraction of sp³-hybridized carbons (Fsp3) is 0.211. The van der Waals surface area contributed by atoms with E-state index in [0.29, 0.717) is 21.5 Å². The summed E-state index contributed by atoms with van der Waals surface area (Å²) in [4.78, 5) is 37.8. The zero-order chi connectivity index (χ0) is 18.3. The van der Waals surface area contributed by atoms with Crippen LogP contribution in [-0.2, 0) is 12.8 Å². The molecule has 1 aromatic carbocycles. The molecule has 0 aliphatic heterocycles. The highest BCUT2D eigenvalue weighted by Crippen LogP contribution is 2.38. The zero-order valence-electron chi connectivity index (χ0n) is 13.8. The van der Waals surface area contributed by atoms with Crippen molar-refractivity contribution in [3.8, 4) is 0 Å². The van der Waals surface area contributed by atoms with Crippen LogP contribution in [0.25, 0.3) is 11.0 Å². The fourth-order valence-electron chi connectivity index (χ4n) is 3.30. The van der Waals surface area contributed by atoms with Crippen molar-refractivity contribution in [3.63, 3.8) is 0 Å². The number of carbonyl (C=O) groups excluding carboxylic acids is 2. The first-order chi connectivity index (χ1) is 12.5. The van der Waals surface area contributed by atoms with Gasteiger partial charge in [0.2, 0.25) is 0 Å². The molecule has 4 rings (SSSR count). The van der Waals surface area contributed by atoms with Crippen LogP contribution in [0, 0.1) is 0 Å². The van der Waals surface area contributed by atoms with Gasteiger partial charge in [-0.3, -0.25) is 14.4 Å². The summed E-state index contributed by atoms with van der Waals surface area (Å²) in [5.74, 6) is -1.23. The molecule has 0 unspecified atom stereocenters. The molecule has 26 heavy (non-hydrogen) atoms. The highest BCUT2D eigenvalue weighted by Gasteiger charge is 2.25. The minimum absolute atomic E-state index is 0.101. The molecule has 2 aromatic heterocycles. The zero-order valence-corrected chi connectivity index (χ0v) is 14.7. The minimum atomic E-state index is -0.575. The third-order valence-corrected chi connectivity index (χ3v) is 5.71. The lowest BCUT2D eigenvalue weighted by Crippen LogP contribution is -2.19. The molecule has 3 N–H and O–H groups in total. The smallest absolute Gasteiger partial charge is 0.292 e. The second-order valence-corrected chi connectivity index (χ2v) is 7.31. The number of hydrogen-bond acceptors (Lipinski definition) is 5. The molecule has 1 aliphatic rings. The number of hydrogen-bond donors (Lipinski definition) is 2. The number of anilines is 1. The lowest BCUT2D eigenvalue weighted by atomic mass is 9.95. The number of nitrogens with two attached hydrogens (primary N) is 1. The molecule has 6 nitrogen and oxygen atoms in total. The maximum Gasteiger partial charge on any atom is 0.292 e. The van der Waals surface area contributed by atoms with Crippen LogP contribution in [0.4, 0.5) is 5.00 Å². The number of amides is 2. The molecule has 2 heterocycles. The summed E-state index contributed by atoms with van der Waals surface area (Å²) in [5.41, 5.74) is 6.89. The number of thiophene rings is 1. The van der Waals surface area contributed by atoms with Crippen LogP contribution in [0.5, 0.6) is 0 Å². The Morgan fingerprint density at radius 1 is 1.15 bits per heavy atom. The van der Waals surface area contributed by atoms with Crippen LogP contribution in [0.1, 0.15) is 44.2 Å². The average molecular weight is 368 g/mol. The van der Waals surface area contributed by atoms with Crippen molar-refractivity contribution in [2.45, 2.75) is 25.7 Å². The quantitative estimate of drug-likeness (QED) is 0.741. The molecule has 0 saturated heterocycles. The lowest BCUT2D eigenvalue weighted by molar-refractivity contribution is 0.0997. The fourth-order valence-corrected chi connectivity index (χ4v) is 4.58. The number of carbonyl (C=O) groups is 2. The summed E-state index contributed by atoms with van der Waals surface area (Å²) >= 11 is 1.37. The van der Waals surface area contributed by atoms with Crippen molar-refractivity contribution < 1.29 is 14.0 Å². The highest BCUT2D eigenvalue weighted by atomic mass is 32.1. The Morgan fingerprint density at radius 2 is 1.92 bits per heavy atom. The van der Waals surface area contributed by atoms with Gasteiger partial charge in [-0.1, -0.05) is 12.1 Å². The van der Waals surface area contributed by atoms with Gasteiger partial charge in [-0.2, -0.15) is 0 Å². The van der Waals surface area contributed by atoms with Crippen LogP contribution in [-0.4, -0.2) is 11.8 Å². The summed E-state index contributed by atoms with van der Waals surface area (Å²) in [5, 5.41) is 3.54. The predicted molar refractivity (Wildman–Crippen MR) is 99.9 cm³/mol. The first-order valence-corrected chi connectivity index (χ1v) is 9.15. The maximum absolute atomic E-state index is 12.6. The molecular formula is C19H16N2O4S. The van der Waals surface area contributed by atoms with Gasteiger partial charge >= 0.3 is 0 Å². The van der Waals surface area contributed by atoms with Crippen molar-refractivity contribution in [3.05, 3.63) is 62.3 Å². The summed E-state index contributed by atoms with van der Waals surface area (Å²) < 4.78 is 5.56. The van der Waals surface area contributed by atoms with Gasteiger partial charge in [-0.05, 0) is 43.4 Å². The van der Waals surface area contributed by atoms with Crippen molar-refractivity contribution in [1.29, 1.82) is 0 Å². The number of aryl methyl sites for hydroxylation is 1. The van der Waals surface area contributed by atoms with Gasteiger partial charge in [0.1, 0.15) is 10.6 Å². The van der Waals surface area contributed by atoms with Crippen molar-refractivity contribution in [2.75, 3.05) is 5.32 Å². The number of rotatable bonds is 3. The number of benzene rings is 1. The van der Waals surface area contributed by atoms with E-state index in [4.69, 9.17) is 10.2 Å². The largest absolute Gasteiger partial charge is 0.451 e. The molecule has 0 saturated carbocycles. The standard InChI is InChI=1S/C19H16N2O4S/c20-17(23)16-11-6-2-4-8-15(11)26-19(16)21-18(24)14-9-12(22)10-5-1-3-7-13(10)25-14/h1,3,5,7,9H,2,4,6,8H2,(H2,20,23)(H,21,24). The van der Waals surface area contributed by atoms with Crippen LogP contribution >= 0.6 is 11.3 Å². The van der Waals surface area contributed by atoms with E-state index in [0.717, 1.165) is 42.2 Å². The van der Waals surface area contributed by atoms with Crippen LogP contribution < -0.4 is 16.5 Å². The predicted octanol–water partition coefficient (Wildman–Crippen LogP) is 3.08. The normalized spacial score (nSPS) is 13.4. The SMILES string of the molecule is NC(=O)c1c(NC(=O)c2cc(=O)c3ccccc3o2)sc2c1CCCC2. The molecule has 2 amide bonds. The monoisotopic (exact) mass is 368 g/mol. The molecule has 0 radical (unpaired) electrons. The van der Waals surface area contributed by atoms with Gasteiger partial charge in [0, 0.05) is 10.9 Å². The lowest BCUT2D eigenvalue weighted by Gasteiger charge is -2.11. The second-order valence-electron chi connectivity index (χ2n) is 6.20. The first-order valence-electron chi connectivity index (χ1n) is 8.33. The summed E-state index contributed by atoms with van der Waals surface area (Å²) in [6, 6.07) is 7.89. The van der Waals surface area contributed by atoms with Crippen molar-refractivity contribution in [2.24, 2.45) is 5.73 Å². The molecule has 0 fully saturated rings. The summed E-state index contributed by atoms with van der Waals surface area (Å²) in [6.45, 7) is 0. The van der Waals surface area contributed by atoms with Gasteiger partial charge in [0.15, 0.2) is 11.2 Å². The molecule has 1 aliphatic carbocycles. The molecule has 7 heteroatoms. The maximum atomic E-state index is 12.6. The molecule has 3 aromatic rings. The van der Waals surface area contributed by atoms with Crippen molar-refractivity contribution in [1.82, 2.24) is 0 Å². The highest BCUT2D eigenvalue weighted by molar-refractivity contribution is 7.17. The Hall–Kier alpha value is -2.93. The van der Waals surface area contributed by atoms with Gasteiger partial charge in [0.05, 0.1) is 10.9 Å². The number of primary amides is 1. The Morgan fingerprint density at radius 3 is 2.73 bits per heavy atom. The summed E-state index contributed by atoms with van der Waals surface area (Å²) in [7, 11) is 0. The van der Waals surface area contributed by atoms with E-state index in [9.17, 15) is 14.4 Å². The van der Waals surface area contributed by atoms with E-state index in [-0.39, 0.29) is 11.2 Å². The molecule has 132 valence electrons. The Kier molecular flexibility index (Phi) is 4.08. The van der Waals surface area contributed by atoms with Crippen LogP contribution in [0.3, 0.4) is 0 Å². The molecule has 0 spiro atoms. The first kappa shape index (κ1) is 16.5. The van der Waals surface area contributed by atoms with E-state index in [2.05, 4.69) is 5.32 Å². The van der Waals surface area contributed by atoms with E-state index in [1.807, 2.05) is 0 Å². The van der Waals surface area contributed by atoms with E-state index in [1.54, 1.807) is 24.3 Å². The van der Waals surface area contributed by atoms with Gasteiger partial charge in [-0.15, -0.1) is 11.3 Å². The number of fused-ring (bicyclic) bond motifs is 2. The molecule has 0 bridgehead atoms. The second kappa shape index (κ2) is 6.42. The topological polar surface area (TPSA) is 102 Å². The number of para-hydroxylation sites is 1. The minimum Gasteiger partial charge on any atom is -0.451 e. The number of nitrogens with one attached hydrogen (secondary N) is 1.